The van der Waals surface area contributed by atoms with Crippen molar-refractivity contribution in [2.45, 2.75) is 13.3 Å². The molecular weight excluding hydrogens is 190 g/mol. The zero-order valence-electron chi connectivity index (χ0n) is 6.88. The van der Waals surface area contributed by atoms with Gasteiger partial charge in [-0.25, -0.2) is 9.78 Å². The summed E-state index contributed by atoms with van der Waals surface area (Å²) in [6.45, 7) is 1.95. The van der Waals surface area contributed by atoms with Crippen LogP contribution in [0.25, 0.3) is 10.3 Å². The number of H-pyrrole nitrogens is 2. The van der Waals surface area contributed by atoms with Crippen LogP contribution in [0.5, 0.6) is 0 Å². The van der Waals surface area contributed by atoms with Crippen molar-refractivity contribution in [1.82, 2.24) is 15.0 Å². The lowest BCUT2D eigenvalue weighted by atomic mass is 10.5. The number of aromatic amines is 2. The maximum atomic E-state index is 11.2. The van der Waals surface area contributed by atoms with Crippen LogP contribution < -0.4 is 11.2 Å². The lowest BCUT2D eigenvalue weighted by molar-refractivity contribution is 1.06. The van der Waals surface area contributed by atoms with Gasteiger partial charge >= 0.3 is 5.69 Å². The molecule has 0 spiro atoms. The summed E-state index contributed by atoms with van der Waals surface area (Å²) in [4.78, 5) is 31.3. The van der Waals surface area contributed by atoms with Crippen molar-refractivity contribution in [2.24, 2.45) is 0 Å². The van der Waals surface area contributed by atoms with Gasteiger partial charge in [0.25, 0.3) is 5.56 Å². The molecule has 2 N–H and O–H groups in total. The van der Waals surface area contributed by atoms with Crippen LogP contribution >= 0.6 is 11.3 Å². The molecule has 2 aromatic heterocycles. The number of nitrogens with zero attached hydrogens (tertiary/aromatic N) is 1. The van der Waals surface area contributed by atoms with E-state index in [0.29, 0.717) is 10.3 Å². The highest BCUT2D eigenvalue weighted by molar-refractivity contribution is 7.18. The van der Waals surface area contributed by atoms with Crippen molar-refractivity contribution < 1.29 is 0 Å². The summed E-state index contributed by atoms with van der Waals surface area (Å²) in [6, 6.07) is 0. The van der Waals surface area contributed by atoms with Gasteiger partial charge in [0, 0.05) is 0 Å². The molecule has 0 aromatic carbocycles. The van der Waals surface area contributed by atoms with Crippen LogP contribution in [-0.4, -0.2) is 15.0 Å². The van der Waals surface area contributed by atoms with Crippen LogP contribution in [-0.2, 0) is 6.42 Å². The number of hydrogen-bond acceptors (Lipinski definition) is 4. The van der Waals surface area contributed by atoms with Gasteiger partial charge in [0.05, 0.1) is 5.01 Å². The fourth-order valence-electron chi connectivity index (χ4n) is 1.05. The first-order valence-electron chi connectivity index (χ1n) is 3.82. The van der Waals surface area contributed by atoms with E-state index in [2.05, 4.69) is 15.0 Å². The predicted octanol–water partition coefficient (Wildman–Crippen LogP) is 0.235. The van der Waals surface area contributed by atoms with Gasteiger partial charge < -0.3 is 0 Å². The summed E-state index contributed by atoms with van der Waals surface area (Å²) in [5, 5.41) is 0.849. The van der Waals surface area contributed by atoms with E-state index >= 15 is 0 Å². The minimum absolute atomic E-state index is 0.321. The molecule has 2 heterocycles. The number of rotatable bonds is 1. The zero-order valence-corrected chi connectivity index (χ0v) is 7.70. The van der Waals surface area contributed by atoms with E-state index < -0.39 is 11.2 Å². The third-order valence-corrected chi connectivity index (χ3v) is 2.76. The van der Waals surface area contributed by atoms with Crippen LogP contribution in [0.4, 0.5) is 0 Å². The normalized spacial score (nSPS) is 10.8. The highest BCUT2D eigenvalue weighted by Crippen LogP contribution is 2.15. The average Bonchev–Trinajstić information content (AvgIpc) is 2.47. The lowest BCUT2D eigenvalue weighted by Gasteiger charge is -1.82. The van der Waals surface area contributed by atoms with Crippen LogP contribution in [0, 0.1) is 0 Å². The quantitative estimate of drug-likeness (QED) is 0.687. The number of fused-ring (bicyclic) bond motifs is 1. The number of hydrogen-bond donors (Lipinski definition) is 2. The first kappa shape index (κ1) is 8.18. The molecular formula is C7H7N3O2S. The summed E-state index contributed by atoms with van der Waals surface area (Å²) in [7, 11) is 0. The Kier molecular flexibility index (Phi) is 1.77. The summed E-state index contributed by atoms with van der Waals surface area (Å²) >= 11 is 1.34. The van der Waals surface area contributed by atoms with Crippen LogP contribution in [0.2, 0.25) is 0 Å². The van der Waals surface area contributed by atoms with E-state index in [0.717, 1.165) is 11.4 Å². The number of nitrogens with one attached hydrogen (secondary N) is 2. The highest BCUT2D eigenvalue weighted by atomic mass is 32.1. The second kappa shape index (κ2) is 2.81. The predicted molar refractivity (Wildman–Crippen MR) is 50.2 cm³/mol. The highest BCUT2D eigenvalue weighted by Gasteiger charge is 2.06. The monoisotopic (exact) mass is 197 g/mol. The van der Waals surface area contributed by atoms with Gasteiger partial charge in [0.1, 0.15) is 4.83 Å². The van der Waals surface area contributed by atoms with Crippen molar-refractivity contribution in [3.05, 3.63) is 25.8 Å². The molecule has 0 saturated heterocycles. The molecule has 0 saturated carbocycles. The minimum atomic E-state index is -0.483. The van der Waals surface area contributed by atoms with Crippen molar-refractivity contribution in [1.29, 1.82) is 0 Å². The van der Waals surface area contributed by atoms with Crippen molar-refractivity contribution >= 4 is 21.7 Å². The Balaban J connectivity index is 2.91. The maximum Gasteiger partial charge on any atom is 0.326 e. The smallest absolute Gasteiger partial charge is 0.297 e. The first-order valence-corrected chi connectivity index (χ1v) is 4.64. The molecule has 6 heteroatoms. The van der Waals surface area contributed by atoms with Gasteiger partial charge in [-0.2, -0.15) is 0 Å². The number of aryl methyl sites for hydroxylation is 1. The zero-order chi connectivity index (χ0) is 9.42. The Bertz CT molecular complexity index is 551. The van der Waals surface area contributed by atoms with Crippen LogP contribution in [0.15, 0.2) is 9.59 Å². The van der Waals surface area contributed by atoms with E-state index in [1.807, 2.05) is 6.92 Å². The van der Waals surface area contributed by atoms with Crippen LogP contribution in [0.3, 0.4) is 0 Å². The lowest BCUT2D eigenvalue weighted by Crippen LogP contribution is -2.21. The second-order valence-corrected chi connectivity index (χ2v) is 3.63. The SMILES string of the molecule is CCc1nc2c(=O)[nH]c(=O)[nH]c2s1. The van der Waals surface area contributed by atoms with E-state index in [-0.39, 0.29) is 0 Å². The molecule has 0 aliphatic rings. The van der Waals surface area contributed by atoms with Gasteiger partial charge in [0.2, 0.25) is 0 Å². The average molecular weight is 197 g/mol. The molecule has 0 fully saturated rings. The molecule has 0 bridgehead atoms. The van der Waals surface area contributed by atoms with Gasteiger partial charge in [-0.05, 0) is 6.42 Å². The summed E-state index contributed by atoms with van der Waals surface area (Å²) in [5.74, 6) is 0. The fourth-order valence-corrected chi connectivity index (χ4v) is 1.95. The topological polar surface area (TPSA) is 78.6 Å². The molecule has 2 aromatic rings. The van der Waals surface area contributed by atoms with E-state index in [4.69, 9.17) is 0 Å². The van der Waals surface area contributed by atoms with Crippen LogP contribution in [0.1, 0.15) is 11.9 Å². The van der Waals surface area contributed by atoms with Crippen molar-refractivity contribution in [3.63, 3.8) is 0 Å². The number of thiazole rings is 1. The Hall–Kier alpha value is -1.43. The van der Waals surface area contributed by atoms with Gasteiger partial charge in [-0.1, -0.05) is 6.92 Å². The third-order valence-electron chi connectivity index (χ3n) is 1.64. The molecule has 13 heavy (non-hydrogen) atoms. The molecule has 2 rings (SSSR count). The molecule has 0 unspecified atom stereocenters. The molecule has 0 aliphatic heterocycles. The fraction of sp³-hybridized carbons (Fsp3) is 0.286. The maximum absolute atomic E-state index is 11.2. The van der Waals surface area contributed by atoms with Gasteiger partial charge in [-0.15, -0.1) is 11.3 Å². The summed E-state index contributed by atoms with van der Waals surface area (Å²) < 4.78 is 0. The Morgan fingerprint density at radius 2 is 2.15 bits per heavy atom. The van der Waals surface area contributed by atoms with Gasteiger partial charge in [0.15, 0.2) is 5.52 Å². The van der Waals surface area contributed by atoms with Crippen molar-refractivity contribution in [2.75, 3.05) is 0 Å². The molecule has 0 radical (unpaired) electrons. The van der Waals surface area contributed by atoms with E-state index in [9.17, 15) is 9.59 Å². The first-order chi connectivity index (χ1) is 6.20. The molecule has 5 nitrogen and oxygen atoms in total. The third kappa shape index (κ3) is 1.29. The van der Waals surface area contributed by atoms with Gasteiger partial charge in [-0.3, -0.25) is 14.8 Å². The summed E-state index contributed by atoms with van der Waals surface area (Å²) in [5.41, 5.74) is -0.583. The van der Waals surface area contributed by atoms with Crippen molar-refractivity contribution in [3.8, 4) is 0 Å². The molecule has 0 aliphatic carbocycles. The second-order valence-electron chi connectivity index (χ2n) is 2.55. The van der Waals surface area contributed by atoms with E-state index in [1.165, 1.54) is 11.3 Å². The molecule has 0 amide bonds. The Morgan fingerprint density at radius 3 is 2.85 bits per heavy atom. The minimum Gasteiger partial charge on any atom is -0.297 e. The van der Waals surface area contributed by atoms with E-state index in [1.54, 1.807) is 0 Å². The molecule has 0 atom stereocenters. The Labute approximate surface area is 76.5 Å². The molecule has 68 valence electrons. The summed E-state index contributed by atoms with van der Waals surface area (Å²) in [6.07, 6.45) is 0.765. The number of aromatic nitrogens is 3. The standard InChI is InChI=1S/C7H7N3O2S/c1-2-3-8-4-5(11)9-7(12)10-6(4)13-3/h2H2,1H3,(H2,9,10,11,12). The largest absolute Gasteiger partial charge is 0.326 e. The Morgan fingerprint density at radius 1 is 1.38 bits per heavy atom.